The monoisotopic (exact) mass is 328 g/mol. The fourth-order valence-electron chi connectivity index (χ4n) is 2.12. The standard InChI is InChI=1S/C16H16N4O2S/c1-2-3-10-20-14(21)9-8-12(19-20)15(22)18-16-17-11-6-4-5-7-13(11)23-16/h4-9H,2-3,10H2,1H3,(H,17,18,22). The highest BCUT2D eigenvalue weighted by atomic mass is 32.1. The summed E-state index contributed by atoms with van der Waals surface area (Å²) in [6, 6.07) is 10.5. The number of hydrogen-bond donors (Lipinski definition) is 1. The minimum absolute atomic E-state index is 0.199. The number of hydrogen-bond acceptors (Lipinski definition) is 5. The first-order valence-corrected chi connectivity index (χ1v) is 8.24. The van der Waals surface area contributed by atoms with Crippen molar-refractivity contribution in [2.24, 2.45) is 0 Å². The van der Waals surface area contributed by atoms with Crippen LogP contribution in [0.4, 0.5) is 5.13 Å². The van der Waals surface area contributed by atoms with E-state index >= 15 is 0 Å². The Hall–Kier alpha value is -2.54. The van der Waals surface area contributed by atoms with Gasteiger partial charge in [-0.05, 0) is 24.6 Å². The van der Waals surface area contributed by atoms with Gasteiger partial charge in [-0.3, -0.25) is 14.9 Å². The number of unbranched alkanes of at least 4 members (excludes halogenated alkanes) is 1. The molecule has 0 saturated carbocycles. The van der Waals surface area contributed by atoms with Crippen molar-refractivity contribution in [1.82, 2.24) is 14.8 Å². The summed E-state index contributed by atoms with van der Waals surface area (Å²) in [5.74, 6) is -0.366. The highest BCUT2D eigenvalue weighted by Crippen LogP contribution is 2.25. The van der Waals surface area contributed by atoms with Gasteiger partial charge in [-0.1, -0.05) is 36.8 Å². The Kier molecular flexibility index (Phi) is 4.47. The van der Waals surface area contributed by atoms with E-state index in [0.29, 0.717) is 11.7 Å². The molecule has 0 unspecified atom stereocenters. The normalized spacial score (nSPS) is 10.8. The van der Waals surface area contributed by atoms with Gasteiger partial charge in [0.25, 0.3) is 11.5 Å². The van der Waals surface area contributed by atoms with E-state index in [-0.39, 0.29) is 17.2 Å². The minimum Gasteiger partial charge on any atom is -0.296 e. The summed E-state index contributed by atoms with van der Waals surface area (Å²) in [4.78, 5) is 28.4. The number of rotatable bonds is 5. The van der Waals surface area contributed by atoms with Gasteiger partial charge in [0.05, 0.1) is 10.2 Å². The molecule has 2 aromatic heterocycles. The van der Waals surface area contributed by atoms with Crippen molar-refractivity contribution in [3.8, 4) is 0 Å². The zero-order valence-electron chi connectivity index (χ0n) is 12.7. The van der Waals surface area contributed by atoms with Crippen molar-refractivity contribution in [2.75, 3.05) is 5.32 Å². The van der Waals surface area contributed by atoms with Gasteiger partial charge in [-0.15, -0.1) is 0 Å². The predicted molar refractivity (Wildman–Crippen MR) is 91.0 cm³/mol. The number of carbonyl (C=O) groups is 1. The Morgan fingerprint density at radius 2 is 2.09 bits per heavy atom. The average Bonchev–Trinajstić information content (AvgIpc) is 2.96. The van der Waals surface area contributed by atoms with Crippen LogP contribution >= 0.6 is 11.3 Å². The van der Waals surface area contributed by atoms with Crippen LogP contribution in [0.3, 0.4) is 0 Å². The first-order valence-electron chi connectivity index (χ1n) is 7.42. The van der Waals surface area contributed by atoms with Crippen LogP contribution in [0.25, 0.3) is 10.2 Å². The molecule has 0 fully saturated rings. The summed E-state index contributed by atoms with van der Waals surface area (Å²) in [6.07, 6.45) is 1.80. The molecule has 0 saturated heterocycles. The third kappa shape index (κ3) is 3.45. The molecule has 0 aliphatic heterocycles. The minimum atomic E-state index is -0.366. The van der Waals surface area contributed by atoms with Crippen LogP contribution in [-0.4, -0.2) is 20.7 Å². The maximum atomic E-state index is 12.3. The number of nitrogens with zero attached hydrogens (tertiary/aromatic N) is 3. The Labute approximate surface area is 136 Å². The van der Waals surface area contributed by atoms with Crippen molar-refractivity contribution in [3.63, 3.8) is 0 Å². The van der Waals surface area contributed by atoms with Crippen molar-refractivity contribution in [1.29, 1.82) is 0 Å². The highest BCUT2D eigenvalue weighted by Gasteiger charge is 2.12. The number of aromatic nitrogens is 3. The van der Waals surface area contributed by atoms with Crippen LogP contribution in [0, 0.1) is 0 Å². The van der Waals surface area contributed by atoms with Crippen molar-refractivity contribution in [3.05, 3.63) is 52.4 Å². The molecule has 0 spiro atoms. The maximum Gasteiger partial charge on any atom is 0.277 e. The van der Waals surface area contributed by atoms with Crippen LogP contribution in [0.2, 0.25) is 0 Å². The van der Waals surface area contributed by atoms with Gasteiger partial charge in [0, 0.05) is 12.6 Å². The fraction of sp³-hybridized carbons (Fsp3) is 0.250. The number of fused-ring (bicyclic) bond motifs is 1. The number of benzene rings is 1. The third-order valence-corrected chi connectivity index (χ3v) is 4.29. The molecule has 6 nitrogen and oxygen atoms in total. The molecule has 1 N–H and O–H groups in total. The van der Waals surface area contributed by atoms with Crippen LogP contribution in [0.5, 0.6) is 0 Å². The van der Waals surface area contributed by atoms with E-state index in [4.69, 9.17) is 0 Å². The van der Waals surface area contributed by atoms with Crippen LogP contribution in [0.1, 0.15) is 30.3 Å². The van der Waals surface area contributed by atoms with E-state index in [1.54, 1.807) is 0 Å². The zero-order valence-corrected chi connectivity index (χ0v) is 13.5. The third-order valence-electron chi connectivity index (χ3n) is 3.34. The number of aryl methyl sites for hydroxylation is 1. The quantitative estimate of drug-likeness (QED) is 0.781. The summed E-state index contributed by atoms with van der Waals surface area (Å²) in [7, 11) is 0. The SMILES string of the molecule is CCCCn1nc(C(=O)Nc2nc3ccccc3s2)ccc1=O. The highest BCUT2D eigenvalue weighted by molar-refractivity contribution is 7.22. The van der Waals surface area contributed by atoms with Gasteiger partial charge in [0.1, 0.15) is 5.69 Å². The lowest BCUT2D eigenvalue weighted by molar-refractivity contribution is 0.102. The Bertz CT molecular complexity index is 867. The summed E-state index contributed by atoms with van der Waals surface area (Å²) in [5, 5.41) is 7.39. The average molecular weight is 328 g/mol. The van der Waals surface area contributed by atoms with Gasteiger partial charge in [0.15, 0.2) is 5.13 Å². The molecule has 0 atom stereocenters. The van der Waals surface area contributed by atoms with Gasteiger partial charge < -0.3 is 0 Å². The number of amides is 1. The predicted octanol–water partition coefficient (Wildman–Crippen LogP) is 2.91. The second kappa shape index (κ2) is 6.70. The summed E-state index contributed by atoms with van der Waals surface area (Å²) < 4.78 is 2.33. The van der Waals surface area contributed by atoms with Crippen molar-refractivity contribution < 1.29 is 4.79 Å². The summed E-state index contributed by atoms with van der Waals surface area (Å²) >= 11 is 1.40. The second-order valence-electron chi connectivity index (χ2n) is 5.07. The van der Waals surface area contributed by atoms with E-state index in [2.05, 4.69) is 15.4 Å². The molecule has 1 amide bonds. The Morgan fingerprint density at radius 1 is 1.26 bits per heavy atom. The van der Waals surface area contributed by atoms with Gasteiger partial charge in [0.2, 0.25) is 0 Å². The molecule has 23 heavy (non-hydrogen) atoms. The molecule has 7 heteroatoms. The number of para-hydroxylation sites is 1. The lowest BCUT2D eigenvalue weighted by Crippen LogP contribution is -2.26. The topological polar surface area (TPSA) is 76.9 Å². The maximum absolute atomic E-state index is 12.3. The van der Waals surface area contributed by atoms with Crippen molar-refractivity contribution >= 4 is 32.6 Å². The largest absolute Gasteiger partial charge is 0.296 e. The number of anilines is 1. The molecular weight excluding hydrogens is 312 g/mol. The van der Waals surface area contributed by atoms with Crippen molar-refractivity contribution in [2.45, 2.75) is 26.3 Å². The molecule has 3 aromatic rings. The molecule has 2 heterocycles. The fourth-order valence-corrected chi connectivity index (χ4v) is 2.99. The van der Waals surface area contributed by atoms with E-state index in [1.807, 2.05) is 31.2 Å². The number of thiazole rings is 1. The van der Waals surface area contributed by atoms with Crippen LogP contribution < -0.4 is 10.9 Å². The molecular formula is C16H16N4O2S. The van der Waals surface area contributed by atoms with E-state index in [9.17, 15) is 9.59 Å². The molecule has 3 rings (SSSR count). The van der Waals surface area contributed by atoms with Crippen LogP contribution in [-0.2, 0) is 6.54 Å². The zero-order chi connectivity index (χ0) is 16.2. The summed E-state index contributed by atoms with van der Waals surface area (Å²) in [6.45, 7) is 2.55. The molecule has 1 aromatic carbocycles. The first-order chi connectivity index (χ1) is 11.2. The smallest absolute Gasteiger partial charge is 0.277 e. The molecule has 0 bridgehead atoms. The number of carbonyl (C=O) groups excluding carboxylic acids is 1. The van der Waals surface area contributed by atoms with E-state index in [1.165, 1.54) is 28.2 Å². The van der Waals surface area contributed by atoms with Gasteiger partial charge >= 0.3 is 0 Å². The van der Waals surface area contributed by atoms with Gasteiger partial charge in [-0.2, -0.15) is 5.10 Å². The lowest BCUT2D eigenvalue weighted by Gasteiger charge is -2.05. The van der Waals surface area contributed by atoms with E-state index in [0.717, 1.165) is 23.1 Å². The van der Waals surface area contributed by atoms with Gasteiger partial charge in [-0.25, -0.2) is 9.67 Å². The van der Waals surface area contributed by atoms with E-state index < -0.39 is 0 Å². The Balaban J connectivity index is 1.81. The molecule has 118 valence electrons. The second-order valence-corrected chi connectivity index (χ2v) is 6.11. The lowest BCUT2D eigenvalue weighted by atomic mass is 10.3. The molecule has 0 radical (unpaired) electrons. The number of nitrogens with one attached hydrogen (secondary N) is 1. The first kappa shape index (κ1) is 15.4. The molecule has 0 aliphatic carbocycles. The molecule has 0 aliphatic rings. The Morgan fingerprint density at radius 3 is 2.87 bits per heavy atom. The van der Waals surface area contributed by atoms with Crippen LogP contribution in [0.15, 0.2) is 41.2 Å². The summed E-state index contributed by atoms with van der Waals surface area (Å²) in [5.41, 5.74) is 0.851.